The molecule has 0 amide bonds. The van der Waals surface area contributed by atoms with Gasteiger partial charge < -0.3 is 0 Å². The van der Waals surface area contributed by atoms with Crippen molar-refractivity contribution < 1.29 is 0 Å². The maximum absolute atomic E-state index is 2.57. The monoisotopic (exact) mass is 164 g/mol. The third kappa shape index (κ3) is 0.701. The van der Waals surface area contributed by atoms with Crippen LogP contribution in [0, 0.1) is 22.7 Å². The van der Waals surface area contributed by atoms with Crippen molar-refractivity contribution >= 4 is 0 Å². The van der Waals surface area contributed by atoms with Crippen molar-refractivity contribution in [3.05, 3.63) is 0 Å². The fourth-order valence-electron chi connectivity index (χ4n) is 4.72. The van der Waals surface area contributed by atoms with E-state index in [-0.39, 0.29) is 0 Å². The minimum Gasteiger partial charge on any atom is -0.0591 e. The summed E-state index contributed by atoms with van der Waals surface area (Å²) in [4.78, 5) is 0. The molecule has 0 heteroatoms. The minimum atomic E-state index is 0.749. The van der Waals surface area contributed by atoms with E-state index in [1.165, 1.54) is 0 Å². The maximum Gasteiger partial charge on any atom is -0.0266 e. The van der Waals surface area contributed by atoms with Crippen LogP contribution in [0.5, 0.6) is 0 Å². The zero-order valence-corrected chi connectivity index (χ0v) is 8.40. The molecule has 0 N–H and O–H groups in total. The van der Waals surface area contributed by atoms with Crippen LogP contribution in [0.15, 0.2) is 0 Å². The zero-order chi connectivity index (χ0) is 8.40. The molecule has 0 aromatic rings. The van der Waals surface area contributed by atoms with Crippen LogP contribution in [-0.2, 0) is 0 Å². The summed E-state index contributed by atoms with van der Waals surface area (Å²) in [5.74, 6) is 2.21. The minimum absolute atomic E-state index is 0.749. The van der Waals surface area contributed by atoms with Gasteiger partial charge in [-0.15, -0.1) is 0 Å². The summed E-state index contributed by atoms with van der Waals surface area (Å²) < 4.78 is 0. The number of hydrogen-bond donors (Lipinski definition) is 0. The highest BCUT2D eigenvalue weighted by Crippen LogP contribution is 2.69. The van der Waals surface area contributed by atoms with Crippen molar-refractivity contribution in [1.29, 1.82) is 0 Å². The number of hydrogen-bond acceptors (Lipinski definition) is 0. The van der Waals surface area contributed by atoms with Crippen LogP contribution in [0.3, 0.4) is 0 Å². The van der Waals surface area contributed by atoms with E-state index in [9.17, 15) is 0 Å². The van der Waals surface area contributed by atoms with Crippen LogP contribution in [-0.4, -0.2) is 0 Å². The lowest BCUT2D eigenvalue weighted by Gasteiger charge is -2.34. The van der Waals surface area contributed by atoms with Gasteiger partial charge >= 0.3 is 0 Å². The number of rotatable bonds is 0. The number of fused-ring (bicyclic) bond motifs is 1. The molecule has 0 spiro atoms. The van der Waals surface area contributed by atoms with Crippen LogP contribution in [0.2, 0.25) is 0 Å². The lowest BCUT2D eigenvalue weighted by Crippen LogP contribution is -2.25. The molecular weight excluding hydrogens is 144 g/mol. The molecule has 0 nitrogen and oxygen atoms in total. The molecule has 0 aromatic heterocycles. The van der Waals surface area contributed by atoms with Crippen molar-refractivity contribution in [2.45, 2.75) is 52.4 Å². The zero-order valence-electron chi connectivity index (χ0n) is 8.40. The van der Waals surface area contributed by atoms with E-state index in [2.05, 4.69) is 13.8 Å². The summed E-state index contributed by atoms with van der Waals surface area (Å²) in [5, 5.41) is 0. The second-order valence-corrected chi connectivity index (χ2v) is 6.25. The summed E-state index contributed by atoms with van der Waals surface area (Å²) in [7, 11) is 0. The van der Waals surface area contributed by atoms with E-state index in [0.717, 1.165) is 22.7 Å². The van der Waals surface area contributed by atoms with Gasteiger partial charge in [0.15, 0.2) is 0 Å². The molecule has 0 atom stereocenters. The molecule has 0 radical (unpaired) electrons. The topological polar surface area (TPSA) is 0 Å². The Hall–Kier alpha value is 0. The Kier molecular flexibility index (Phi) is 1.18. The molecule has 68 valence electrons. The Bertz CT molecular complexity index is 180. The first-order valence-electron chi connectivity index (χ1n) is 5.61. The largest absolute Gasteiger partial charge is 0.0591 e. The smallest absolute Gasteiger partial charge is 0.0266 e. The summed E-state index contributed by atoms with van der Waals surface area (Å²) in [6.45, 7) is 5.14. The van der Waals surface area contributed by atoms with Crippen molar-refractivity contribution in [2.24, 2.45) is 22.7 Å². The molecule has 0 heterocycles. The van der Waals surface area contributed by atoms with Gasteiger partial charge in [-0.1, -0.05) is 26.7 Å². The molecule has 4 saturated carbocycles. The van der Waals surface area contributed by atoms with Gasteiger partial charge in [-0.2, -0.15) is 0 Å². The van der Waals surface area contributed by atoms with E-state index in [4.69, 9.17) is 0 Å². The van der Waals surface area contributed by atoms with Crippen molar-refractivity contribution in [2.75, 3.05) is 0 Å². The van der Waals surface area contributed by atoms with Crippen LogP contribution >= 0.6 is 0 Å². The summed E-state index contributed by atoms with van der Waals surface area (Å²) in [5.41, 5.74) is 1.50. The molecule has 4 rings (SSSR count). The molecule has 0 saturated heterocycles. The van der Waals surface area contributed by atoms with E-state index in [1.807, 2.05) is 0 Å². The van der Waals surface area contributed by atoms with E-state index in [1.54, 1.807) is 38.5 Å². The molecule has 4 bridgehead atoms. The van der Waals surface area contributed by atoms with Gasteiger partial charge in [0, 0.05) is 0 Å². The molecule has 0 aromatic carbocycles. The van der Waals surface area contributed by atoms with E-state index < -0.39 is 0 Å². The highest BCUT2D eigenvalue weighted by Gasteiger charge is 2.59. The fourth-order valence-corrected chi connectivity index (χ4v) is 4.72. The Morgan fingerprint density at radius 3 is 1.42 bits per heavy atom. The second-order valence-electron chi connectivity index (χ2n) is 6.25. The first-order valence-corrected chi connectivity index (χ1v) is 5.61. The van der Waals surface area contributed by atoms with Crippen LogP contribution in [0.25, 0.3) is 0 Å². The Labute approximate surface area is 75.7 Å². The van der Waals surface area contributed by atoms with Crippen LogP contribution < -0.4 is 0 Å². The van der Waals surface area contributed by atoms with Crippen LogP contribution in [0.4, 0.5) is 0 Å². The van der Waals surface area contributed by atoms with Crippen molar-refractivity contribution in [1.82, 2.24) is 0 Å². The van der Waals surface area contributed by atoms with Gasteiger partial charge in [0.2, 0.25) is 0 Å². The van der Waals surface area contributed by atoms with Gasteiger partial charge in [0.25, 0.3) is 0 Å². The normalized spacial score (nSPS) is 62.5. The lowest BCUT2D eigenvalue weighted by atomic mass is 9.71. The molecule has 12 heavy (non-hydrogen) atoms. The lowest BCUT2D eigenvalue weighted by molar-refractivity contribution is 0.157. The quantitative estimate of drug-likeness (QED) is 0.513. The van der Waals surface area contributed by atoms with Gasteiger partial charge in [0.1, 0.15) is 0 Å². The first-order chi connectivity index (χ1) is 5.61. The summed E-state index contributed by atoms with van der Waals surface area (Å²) >= 11 is 0. The summed E-state index contributed by atoms with van der Waals surface area (Å²) in [6, 6.07) is 0. The van der Waals surface area contributed by atoms with E-state index in [0.29, 0.717) is 0 Å². The Balaban J connectivity index is 2.08. The van der Waals surface area contributed by atoms with Crippen molar-refractivity contribution in [3.63, 3.8) is 0 Å². The van der Waals surface area contributed by atoms with E-state index >= 15 is 0 Å². The summed E-state index contributed by atoms with van der Waals surface area (Å²) in [6.07, 6.45) is 9.33. The highest BCUT2D eigenvalue weighted by atomic mass is 14.6. The van der Waals surface area contributed by atoms with Crippen LogP contribution in [0.1, 0.15) is 52.4 Å². The van der Waals surface area contributed by atoms with Gasteiger partial charge in [-0.3, -0.25) is 0 Å². The Morgan fingerprint density at radius 1 is 0.750 bits per heavy atom. The predicted molar refractivity (Wildman–Crippen MR) is 50.9 cm³/mol. The third-order valence-corrected chi connectivity index (χ3v) is 5.40. The molecule has 0 aliphatic heterocycles. The first kappa shape index (κ1) is 7.41. The average Bonchev–Trinajstić information content (AvgIpc) is 2.22. The Morgan fingerprint density at radius 2 is 1.08 bits per heavy atom. The molecule has 0 unspecified atom stereocenters. The fraction of sp³-hybridized carbons (Fsp3) is 1.00. The molecule has 4 aliphatic rings. The van der Waals surface area contributed by atoms with Crippen molar-refractivity contribution in [3.8, 4) is 0 Å². The second kappa shape index (κ2) is 1.91. The SMILES string of the molecule is CC12CC3CCC(C1)CC2(C)C3. The van der Waals surface area contributed by atoms with Gasteiger partial charge in [-0.05, 0) is 48.3 Å². The molecule has 4 fully saturated rings. The van der Waals surface area contributed by atoms with Gasteiger partial charge in [0.05, 0.1) is 0 Å². The average molecular weight is 164 g/mol. The molecule has 4 aliphatic carbocycles. The third-order valence-electron chi connectivity index (χ3n) is 5.40. The standard InChI is InChI=1S/C12H20/c1-11-5-9-3-4-10(6-11)8-12(11,2)7-9/h9-10H,3-8H2,1-2H3. The highest BCUT2D eigenvalue weighted by molar-refractivity contribution is 5.09. The predicted octanol–water partition coefficient (Wildman–Crippen LogP) is 3.61. The van der Waals surface area contributed by atoms with Gasteiger partial charge in [-0.25, -0.2) is 0 Å². The maximum atomic E-state index is 2.57. The molecular formula is C12H20.